The van der Waals surface area contributed by atoms with Gasteiger partial charge in [-0.05, 0) is 42.2 Å². The van der Waals surface area contributed by atoms with Gasteiger partial charge in [-0.25, -0.2) is 0 Å². The van der Waals surface area contributed by atoms with Gasteiger partial charge in [-0.15, -0.1) is 0 Å². The molecule has 110 valence electrons. The highest BCUT2D eigenvalue weighted by atomic mass is 16.5. The predicted molar refractivity (Wildman–Crippen MR) is 82.6 cm³/mol. The molecule has 0 saturated carbocycles. The molecule has 0 unspecified atom stereocenters. The Bertz CT molecular complexity index is 597. The summed E-state index contributed by atoms with van der Waals surface area (Å²) in [5.74, 6) is 0.786. The van der Waals surface area contributed by atoms with E-state index in [-0.39, 0.29) is 5.91 Å². The zero-order chi connectivity index (χ0) is 15.1. The zero-order valence-electron chi connectivity index (χ0n) is 12.4. The highest BCUT2D eigenvalue weighted by Gasteiger charge is 2.07. The van der Waals surface area contributed by atoms with Gasteiger partial charge in [0.05, 0.1) is 7.11 Å². The number of carbonyl (C=O) groups is 1. The van der Waals surface area contributed by atoms with Crippen LogP contribution >= 0.6 is 0 Å². The molecule has 4 nitrogen and oxygen atoms in total. The van der Waals surface area contributed by atoms with E-state index in [1.165, 1.54) is 5.56 Å². The van der Waals surface area contributed by atoms with Crippen molar-refractivity contribution < 1.29 is 9.53 Å². The van der Waals surface area contributed by atoms with Crippen molar-refractivity contribution in [1.82, 2.24) is 10.3 Å². The summed E-state index contributed by atoms with van der Waals surface area (Å²) in [7, 11) is 1.67. The van der Waals surface area contributed by atoms with Gasteiger partial charge in [0.2, 0.25) is 0 Å². The maximum Gasteiger partial charge on any atom is 0.251 e. The van der Waals surface area contributed by atoms with Crippen LogP contribution in [0.3, 0.4) is 0 Å². The minimum absolute atomic E-state index is 0.0805. The summed E-state index contributed by atoms with van der Waals surface area (Å²) in [4.78, 5) is 15.8. The molecule has 0 aliphatic carbocycles. The second kappa shape index (κ2) is 7.43. The first-order valence-electron chi connectivity index (χ1n) is 7.08. The van der Waals surface area contributed by atoms with Gasteiger partial charge in [-0.1, -0.05) is 19.1 Å². The second-order valence-corrected chi connectivity index (χ2v) is 4.74. The maximum absolute atomic E-state index is 11.9. The van der Waals surface area contributed by atoms with E-state index in [1.54, 1.807) is 31.6 Å². The molecule has 0 aliphatic heterocycles. The lowest BCUT2D eigenvalue weighted by Crippen LogP contribution is -2.25. The zero-order valence-corrected chi connectivity index (χ0v) is 12.4. The van der Waals surface area contributed by atoms with Crippen molar-refractivity contribution in [3.8, 4) is 5.75 Å². The first-order chi connectivity index (χ1) is 10.2. The molecule has 0 radical (unpaired) electrons. The Kier molecular flexibility index (Phi) is 5.32. The Hall–Kier alpha value is -2.36. The van der Waals surface area contributed by atoms with Gasteiger partial charge in [0.25, 0.3) is 5.91 Å². The van der Waals surface area contributed by atoms with Gasteiger partial charge in [0, 0.05) is 24.5 Å². The normalized spacial score (nSPS) is 10.2. The van der Waals surface area contributed by atoms with Crippen LogP contribution < -0.4 is 10.1 Å². The fraction of sp³-hybridized carbons (Fsp3) is 0.294. The maximum atomic E-state index is 11.9. The minimum atomic E-state index is -0.0805. The van der Waals surface area contributed by atoms with Crippen LogP contribution in [0.1, 0.15) is 28.4 Å². The summed E-state index contributed by atoms with van der Waals surface area (Å²) in [5.41, 5.74) is 3.01. The number of carbonyl (C=O) groups excluding carboxylic acids is 1. The van der Waals surface area contributed by atoms with Crippen molar-refractivity contribution >= 4 is 5.91 Å². The number of rotatable bonds is 6. The molecular weight excluding hydrogens is 264 g/mol. The van der Waals surface area contributed by atoms with Crippen molar-refractivity contribution in [3.05, 3.63) is 59.4 Å². The van der Waals surface area contributed by atoms with Gasteiger partial charge in [0.15, 0.2) is 0 Å². The van der Waals surface area contributed by atoms with E-state index in [1.807, 2.05) is 6.07 Å². The summed E-state index contributed by atoms with van der Waals surface area (Å²) >= 11 is 0. The molecular formula is C17H20N2O2. The lowest BCUT2D eigenvalue weighted by Gasteiger charge is -2.11. The van der Waals surface area contributed by atoms with Crippen LogP contribution in [0.4, 0.5) is 0 Å². The van der Waals surface area contributed by atoms with Crippen molar-refractivity contribution in [1.29, 1.82) is 0 Å². The summed E-state index contributed by atoms with van der Waals surface area (Å²) in [6.07, 6.45) is 4.96. The summed E-state index contributed by atoms with van der Waals surface area (Å²) in [5, 5.41) is 2.91. The average molecular weight is 284 g/mol. The molecule has 0 aliphatic rings. The Balaban J connectivity index is 1.95. The predicted octanol–water partition coefficient (Wildman–Crippen LogP) is 2.63. The standard InChI is InChI=1S/C17H20N2O2/c1-3-13-4-5-16(21-2)15(12-13)8-11-19-17(20)14-6-9-18-10-7-14/h4-7,9-10,12H,3,8,11H2,1-2H3,(H,19,20). The van der Waals surface area contributed by atoms with E-state index in [9.17, 15) is 4.79 Å². The quantitative estimate of drug-likeness (QED) is 0.887. The smallest absolute Gasteiger partial charge is 0.251 e. The lowest BCUT2D eigenvalue weighted by atomic mass is 10.1. The molecule has 1 heterocycles. The van der Waals surface area contributed by atoms with Crippen LogP contribution in [0.2, 0.25) is 0 Å². The highest BCUT2D eigenvalue weighted by molar-refractivity contribution is 5.93. The number of amides is 1. The second-order valence-electron chi connectivity index (χ2n) is 4.74. The van der Waals surface area contributed by atoms with Crippen molar-refractivity contribution in [3.63, 3.8) is 0 Å². The highest BCUT2D eigenvalue weighted by Crippen LogP contribution is 2.20. The number of aromatic nitrogens is 1. The number of benzene rings is 1. The molecule has 0 spiro atoms. The molecule has 2 rings (SSSR count). The van der Waals surface area contributed by atoms with E-state index in [4.69, 9.17) is 4.74 Å². The van der Waals surface area contributed by atoms with Gasteiger partial charge < -0.3 is 10.1 Å². The van der Waals surface area contributed by atoms with Crippen molar-refractivity contribution in [2.24, 2.45) is 0 Å². The number of nitrogens with one attached hydrogen (secondary N) is 1. The largest absolute Gasteiger partial charge is 0.496 e. The van der Waals surface area contributed by atoms with E-state index < -0.39 is 0 Å². The molecule has 1 N–H and O–H groups in total. The number of methoxy groups -OCH3 is 1. The van der Waals surface area contributed by atoms with E-state index in [0.717, 1.165) is 24.2 Å². The minimum Gasteiger partial charge on any atom is -0.496 e. The van der Waals surface area contributed by atoms with E-state index >= 15 is 0 Å². The summed E-state index contributed by atoms with van der Waals surface area (Å²) in [6, 6.07) is 9.59. The van der Waals surface area contributed by atoms with Crippen molar-refractivity contribution in [2.45, 2.75) is 19.8 Å². The van der Waals surface area contributed by atoms with E-state index in [2.05, 4.69) is 29.4 Å². The first-order valence-corrected chi connectivity index (χ1v) is 7.08. The van der Waals surface area contributed by atoms with Gasteiger partial charge in [-0.2, -0.15) is 0 Å². The summed E-state index contributed by atoms with van der Waals surface area (Å²) < 4.78 is 5.37. The Morgan fingerprint density at radius 2 is 2.00 bits per heavy atom. The first kappa shape index (κ1) is 15.0. The van der Waals surface area contributed by atoms with Crippen LogP contribution in [-0.4, -0.2) is 24.5 Å². The average Bonchev–Trinajstić information content (AvgIpc) is 2.55. The molecule has 4 heteroatoms. The van der Waals surface area contributed by atoms with Gasteiger partial charge in [0.1, 0.15) is 5.75 Å². The van der Waals surface area contributed by atoms with Gasteiger partial charge >= 0.3 is 0 Å². The topological polar surface area (TPSA) is 51.2 Å². The number of ether oxygens (including phenoxy) is 1. The van der Waals surface area contributed by atoms with Gasteiger partial charge in [-0.3, -0.25) is 9.78 Å². The van der Waals surface area contributed by atoms with Crippen molar-refractivity contribution in [2.75, 3.05) is 13.7 Å². The third-order valence-electron chi connectivity index (χ3n) is 3.38. The molecule has 0 bridgehead atoms. The molecule has 1 amide bonds. The Morgan fingerprint density at radius 3 is 2.67 bits per heavy atom. The molecule has 0 saturated heterocycles. The third kappa shape index (κ3) is 4.05. The molecule has 21 heavy (non-hydrogen) atoms. The number of hydrogen-bond acceptors (Lipinski definition) is 3. The fourth-order valence-corrected chi connectivity index (χ4v) is 2.16. The number of pyridine rings is 1. The lowest BCUT2D eigenvalue weighted by molar-refractivity contribution is 0.0954. The molecule has 1 aromatic carbocycles. The number of hydrogen-bond donors (Lipinski definition) is 1. The van der Waals surface area contributed by atoms with Crippen LogP contribution in [0.15, 0.2) is 42.7 Å². The number of nitrogens with zero attached hydrogens (tertiary/aromatic N) is 1. The fourth-order valence-electron chi connectivity index (χ4n) is 2.16. The van der Waals surface area contributed by atoms with Crippen LogP contribution in [0, 0.1) is 0 Å². The molecule has 2 aromatic rings. The monoisotopic (exact) mass is 284 g/mol. The van der Waals surface area contributed by atoms with E-state index in [0.29, 0.717) is 12.1 Å². The number of aryl methyl sites for hydroxylation is 1. The molecule has 0 atom stereocenters. The molecule has 0 fully saturated rings. The van der Waals surface area contributed by atoms with Crippen LogP contribution in [0.5, 0.6) is 5.75 Å². The Labute approximate surface area is 125 Å². The SMILES string of the molecule is CCc1ccc(OC)c(CCNC(=O)c2ccncc2)c1. The van der Waals surface area contributed by atoms with Crippen LogP contribution in [-0.2, 0) is 12.8 Å². The third-order valence-corrected chi connectivity index (χ3v) is 3.38. The molecule has 1 aromatic heterocycles. The summed E-state index contributed by atoms with van der Waals surface area (Å²) in [6.45, 7) is 2.70. The van der Waals surface area contributed by atoms with Crippen LogP contribution in [0.25, 0.3) is 0 Å². The Morgan fingerprint density at radius 1 is 1.24 bits per heavy atom.